The van der Waals surface area contributed by atoms with Crippen molar-refractivity contribution >= 4 is 34.2 Å². The van der Waals surface area contributed by atoms with Crippen LogP contribution in [0.3, 0.4) is 0 Å². The summed E-state index contributed by atoms with van der Waals surface area (Å²) in [5.41, 5.74) is 0.0313. The summed E-state index contributed by atoms with van der Waals surface area (Å²) in [5.74, 6) is -0.778. The molecule has 1 rings (SSSR count). The normalized spacial score (nSPS) is 11.4. The first-order valence-corrected chi connectivity index (χ1v) is 5.45. The number of halogens is 2. The monoisotopic (exact) mass is 270 g/mol. The van der Waals surface area contributed by atoms with E-state index in [4.69, 9.17) is 33.2 Å². The van der Waals surface area contributed by atoms with Gasteiger partial charge < -0.3 is 4.74 Å². The van der Waals surface area contributed by atoms with Crippen LogP contribution in [-0.2, 0) is 9.53 Å². The van der Waals surface area contributed by atoms with Crippen LogP contribution < -0.4 is 0 Å². The van der Waals surface area contributed by atoms with Gasteiger partial charge >= 0.3 is 5.97 Å². The molecule has 0 aliphatic heterocycles. The fourth-order valence-electron chi connectivity index (χ4n) is 1.07. The summed E-state index contributed by atoms with van der Waals surface area (Å²) in [6.45, 7) is 1.80. The Balaban J connectivity index is 3.24. The molecule has 1 aromatic rings. The number of ether oxygens (including phenoxy) is 1. The van der Waals surface area contributed by atoms with Crippen molar-refractivity contribution in [3.8, 4) is 6.07 Å². The van der Waals surface area contributed by atoms with Gasteiger partial charge in [0.2, 0.25) is 0 Å². The molecule has 0 radical (unpaired) electrons. The van der Waals surface area contributed by atoms with Crippen molar-refractivity contribution in [2.24, 2.45) is 0 Å². The zero-order valence-corrected chi connectivity index (χ0v) is 10.4. The molecule has 88 valence electrons. The van der Waals surface area contributed by atoms with Crippen LogP contribution in [0.15, 0.2) is 23.9 Å². The number of esters is 1. The Morgan fingerprint density at radius 2 is 2.35 bits per heavy atom. The van der Waals surface area contributed by atoms with Gasteiger partial charge in [-0.3, -0.25) is 0 Å². The van der Waals surface area contributed by atoms with Crippen LogP contribution in [0.1, 0.15) is 12.5 Å². The molecule has 0 atom stereocenters. The first-order chi connectivity index (χ1) is 8.11. The summed E-state index contributed by atoms with van der Waals surface area (Å²) in [6.07, 6.45) is 1.48. The van der Waals surface area contributed by atoms with Crippen molar-refractivity contribution in [3.63, 3.8) is 0 Å². The molecular weight excluding hydrogens is 263 g/mol. The van der Waals surface area contributed by atoms with Gasteiger partial charge in [0, 0.05) is 11.8 Å². The molecular formula is C11H8Cl2N2O2. The minimum atomic E-state index is -0.778. The van der Waals surface area contributed by atoms with Crippen LogP contribution in [0, 0.1) is 11.3 Å². The molecule has 0 aliphatic rings. The molecule has 6 heteroatoms. The lowest BCUT2D eigenvalue weighted by Crippen LogP contribution is -2.07. The van der Waals surface area contributed by atoms with E-state index in [9.17, 15) is 4.79 Å². The van der Waals surface area contributed by atoms with Crippen LogP contribution in [0.5, 0.6) is 0 Å². The van der Waals surface area contributed by atoms with E-state index in [2.05, 4.69) is 4.98 Å². The van der Waals surface area contributed by atoms with E-state index in [1.807, 2.05) is 0 Å². The smallest absolute Gasteiger partial charge is 0.350 e. The summed E-state index contributed by atoms with van der Waals surface area (Å²) < 4.78 is 4.71. The number of carbonyl (C=O) groups excluding carboxylic acids is 1. The third-order valence-electron chi connectivity index (χ3n) is 1.81. The number of rotatable bonds is 3. The van der Waals surface area contributed by atoms with Gasteiger partial charge in [0.25, 0.3) is 0 Å². The van der Waals surface area contributed by atoms with Gasteiger partial charge in [-0.15, -0.1) is 0 Å². The number of hydrogen-bond donors (Lipinski definition) is 0. The zero-order valence-electron chi connectivity index (χ0n) is 8.91. The second-order valence-corrected chi connectivity index (χ2v) is 3.60. The predicted octanol–water partition coefficient (Wildman–Crippen LogP) is 2.77. The maximum atomic E-state index is 11.4. The molecule has 0 aliphatic carbocycles. The number of nitriles is 1. The molecule has 17 heavy (non-hydrogen) atoms. The number of nitrogens with zero attached hydrogens (tertiary/aromatic N) is 2. The average molecular weight is 271 g/mol. The Hall–Kier alpha value is -1.57. The Labute approximate surface area is 108 Å². The number of pyridine rings is 1. The van der Waals surface area contributed by atoms with E-state index in [0.29, 0.717) is 5.56 Å². The standard InChI is InChI=1S/C11H8Cl2N2O2/c1-2-17-11(16)8(6-14)9(12)7-4-3-5-15-10(7)13/h3-5H,2H2,1H3/b9-8+. The molecule has 0 N–H and O–H groups in total. The number of hydrogen-bond acceptors (Lipinski definition) is 4. The number of carbonyl (C=O) groups is 1. The topological polar surface area (TPSA) is 63.0 Å². The molecule has 0 aromatic carbocycles. The molecule has 0 spiro atoms. The Bertz CT molecular complexity index is 506. The Morgan fingerprint density at radius 3 is 2.88 bits per heavy atom. The average Bonchev–Trinajstić information content (AvgIpc) is 2.30. The van der Waals surface area contributed by atoms with Crippen molar-refractivity contribution in [1.82, 2.24) is 4.98 Å². The van der Waals surface area contributed by atoms with Gasteiger partial charge in [0.15, 0.2) is 5.57 Å². The van der Waals surface area contributed by atoms with E-state index in [1.54, 1.807) is 25.1 Å². The molecule has 1 aromatic heterocycles. The van der Waals surface area contributed by atoms with E-state index in [1.165, 1.54) is 6.20 Å². The summed E-state index contributed by atoms with van der Waals surface area (Å²) in [5, 5.41) is 8.94. The lowest BCUT2D eigenvalue weighted by molar-refractivity contribution is -0.137. The summed E-state index contributed by atoms with van der Waals surface area (Å²) in [4.78, 5) is 15.3. The summed E-state index contributed by atoms with van der Waals surface area (Å²) in [6, 6.07) is 4.86. The van der Waals surface area contributed by atoms with Gasteiger partial charge in [-0.1, -0.05) is 23.2 Å². The third kappa shape index (κ3) is 3.19. The zero-order chi connectivity index (χ0) is 12.8. The first-order valence-electron chi connectivity index (χ1n) is 4.69. The van der Waals surface area contributed by atoms with Crippen LogP contribution in [0.4, 0.5) is 0 Å². The van der Waals surface area contributed by atoms with Crippen LogP contribution in [-0.4, -0.2) is 17.6 Å². The molecule has 0 bridgehead atoms. The Morgan fingerprint density at radius 1 is 1.65 bits per heavy atom. The SMILES string of the molecule is CCOC(=O)/C(C#N)=C(/Cl)c1cccnc1Cl. The highest BCUT2D eigenvalue weighted by Gasteiger charge is 2.18. The summed E-state index contributed by atoms with van der Waals surface area (Å²) >= 11 is 11.8. The molecule has 0 amide bonds. The highest BCUT2D eigenvalue weighted by atomic mass is 35.5. The minimum absolute atomic E-state index is 0.0657. The molecule has 4 nitrogen and oxygen atoms in total. The quantitative estimate of drug-likeness (QED) is 0.367. The second-order valence-electron chi connectivity index (χ2n) is 2.86. The fourth-order valence-corrected chi connectivity index (χ4v) is 1.61. The van der Waals surface area contributed by atoms with Crippen LogP contribution in [0.2, 0.25) is 5.15 Å². The third-order valence-corrected chi connectivity index (χ3v) is 2.50. The maximum absolute atomic E-state index is 11.4. The largest absolute Gasteiger partial charge is 0.462 e. The second kappa shape index (κ2) is 6.24. The Kier molecular flexibility index (Phi) is 4.95. The summed E-state index contributed by atoms with van der Waals surface area (Å²) in [7, 11) is 0. The van der Waals surface area contributed by atoms with Gasteiger partial charge in [0.05, 0.1) is 11.6 Å². The van der Waals surface area contributed by atoms with Crippen molar-refractivity contribution in [1.29, 1.82) is 5.26 Å². The predicted molar refractivity (Wildman–Crippen MR) is 64.3 cm³/mol. The molecule has 0 unspecified atom stereocenters. The van der Waals surface area contributed by atoms with Crippen molar-refractivity contribution < 1.29 is 9.53 Å². The van der Waals surface area contributed by atoms with Crippen molar-refractivity contribution in [2.75, 3.05) is 6.61 Å². The molecule has 1 heterocycles. The van der Waals surface area contributed by atoms with E-state index >= 15 is 0 Å². The fraction of sp³-hybridized carbons (Fsp3) is 0.182. The van der Waals surface area contributed by atoms with E-state index in [-0.39, 0.29) is 22.4 Å². The van der Waals surface area contributed by atoms with Crippen molar-refractivity contribution in [2.45, 2.75) is 6.92 Å². The maximum Gasteiger partial charge on any atom is 0.350 e. The van der Waals surface area contributed by atoms with Gasteiger partial charge in [-0.05, 0) is 19.1 Å². The van der Waals surface area contributed by atoms with Crippen LogP contribution in [0.25, 0.3) is 5.03 Å². The highest BCUT2D eigenvalue weighted by molar-refractivity contribution is 6.52. The minimum Gasteiger partial charge on any atom is -0.462 e. The highest BCUT2D eigenvalue weighted by Crippen LogP contribution is 2.28. The lowest BCUT2D eigenvalue weighted by atomic mass is 10.2. The van der Waals surface area contributed by atoms with E-state index in [0.717, 1.165) is 0 Å². The van der Waals surface area contributed by atoms with Crippen LogP contribution >= 0.6 is 23.2 Å². The van der Waals surface area contributed by atoms with Gasteiger partial charge in [0.1, 0.15) is 11.2 Å². The van der Waals surface area contributed by atoms with E-state index < -0.39 is 5.97 Å². The number of aromatic nitrogens is 1. The van der Waals surface area contributed by atoms with Crippen molar-refractivity contribution in [3.05, 3.63) is 34.6 Å². The molecule has 0 saturated heterocycles. The van der Waals surface area contributed by atoms with Gasteiger partial charge in [-0.2, -0.15) is 5.26 Å². The molecule has 0 saturated carbocycles. The first kappa shape index (κ1) is 13.5. The molecule has 0 fully saturated rings. The lowest BCUT2D eigenvalue weighted by Gasteiger charge is -2.04. The van der Waals surface area contributed by atoms with Gasteiger partial charge in [-0.25, -0.2) is 9.78 Å².